The molecular formula is C46H41N5O2. The summed E-state index contributed by atoms with van der Waals surface area (Å²) in [7, 11) is 0. The van der Waals surface area contributed by atoms with Crippen LogP contribution in [0.4, 0.5) is 0 Å². The summed E-state index contributed by atoms with van der Waals surface area (Å²) in [6.07, 6.45) is 11.6. The number of hydrogen-bond acceptors (Lipinski definition) is 7. The van der Waals surface area contributed by atoms with Crippen LogP contribution in [-0.2, 0) is 4.84 Å². The van der Waals surface area contributed by atoms with Crippen molar-refractivity contribution in [2.75, 3.05) is 0 Å². The van der Waals surface area contributed by atoms with Gasteiger partial charge in [0.1, 0.15) is 6.26 Å². The lowest BCUT2D eigenvalue weighted by Gasteiger charge is -2.19. The third-order valence-corrected chi connectivity index (χ3v) is 9.07. The molecule has 0 amide bonds. The maximum Gasteiger partial charge on any atom is 0.139 e. The third-order valence-electron chi connectivity index (χ3n) is 9.07. The predicted octanol–water partition coefficient (Wildman–Crippen LogP) is 11.2. The van der Waals surface area contributed by atoms with Gasteiger partial charge in [-0.3, -0.25) is 10.4 Å². The molecular weight excluding hydrogens is 655 g/mol. The fraction of sp³-hybridized carbons (Fsp3) is 0.0435. The molecule has 1 aliphatic rings. The van der Waals surface area contributed by atoms with Crippen LogP contribution in [0.15, 0.2) is 171 Å². The molecule has 0 fully saturated rings. The number of nitrogens with one attached hydrogen (secondary N) is 2. The van der Waals surface area contributed by atoms with Crippen molar-refractivity contribution in [1.29, 1.82) is 5.41 Å². The lowest BCUT2D eigenvalue weighted by atomic mass is 9.86. The van der Waals surface area contributed by atoms with Crippen LogP contribution in [0.5, 0.6) is 0 Å². The van der Waals surface area contributed by atoms with Crippen molar-refractivity contribution in [1.82, 2.24) is 15.6 Å². The quantitative estimate of drug-likeness (QED) is 0.0597. The van der Waals surface area contributed by atoms with Gasteiger partial charge in [-0.2, -0.15) is 0 Å². The van der Waals surface area contributed by atoms with Crippen LogP contribution in [0.3, 0.4) is 0 Å². The Bertz CT molecular complexity index is 2500. The molecule has 7 nitrogen and oxygen atoms in total. The van der Waals surface area contributed by atoms with E-state index >= 15 is 0 Å². The maximum absolute atomic E-state index is 7.33. The molecule has 1 aliphatic heterocycles. The van der Waals surface area contributed by atoms with Crippen LogP contribution in [0.1, 0.15) is 18.1 Å². The summed E-state index contributed by atoms with van der Waals surface area (Å²) in [6, 6.07) is 41.7. The number of allylic oxidation sites excluding steroid dienone is 3. The number of benzene rings is 6. The van der Waals surface area contributed by atoms with Crippen LogP contribution >= 0.6 is 0 Å². The highest BCUT2D eigenvalue weighted by Gasteiger charge is 2.17. The highest BCUT2D eigenvalue weighted by atomic mass is 16.7. The standard InChI is InChI=1S/C43H34N4O.C2H4O.CH3N/c1-28-19-35(27-45-26-28)33-14-16-37-36-15-13-32(34(25-44)20-29(2)47-46-17-18-48-47)21-40(36)42-23-38(30-9-5-3-6-10-30)39(24-43(42)41(37)22-33)31-11-7-4-8-12-31;1-2-3;1-2/h3-27,46H,44H2,1-2H3;2-3H,1H2;2H,1H2/b29-20+,34-25+;;. The molecule has 6 aromatic carbocycles. The topological polar surface area (TPSA) is 107 Å². The van der Waals surface area contributed by atoms with Crippen LogP contribution in [-0.4, -0.2) is 22.0 Å². The summed E-state index contributed by atoms with van der Waals surface area (Å²) in [5.74, 6) is 0. The van der Waals surface area contributed by atoms with Crippen molar-refractivity contribution < 1.29 is 9.94 Å². The van der Waals surface area contributed by atoms with Crippen LogP contribution in [0, 0.1) is 12.3 Å². The van der Waals surface area contributed by atoms with Crippen molar-refractivity contribution in [2.45, 2.75) is 13.8 Å². The minimum atomic E-state index is 0.750. The molecule has 0 spiro atoms. The predicted molar refractivity (Wildman–Crippen MR) is 222 cm³/mol. The van der Waals surface area contributed by atoms with E-state index in [9.17, 15) is 0 Å². The van der Waals surface area contributed by atoms with E-state index in [1.807, 2.05) is 25.4 Å². The number of nitrogens with two attached hydrogens (primary N) is 1. The van der Waals surface area contributed by atoms with Crippen LogP contribution < -0.4 is 11.2 Å². The first-order valence-corrected chi connectivity index (χ1v) is 17.1. The van der Waals surface area contributed by atoms with E-state index in [0.717, 1.165) is 39.8 Å². The molecule has 0 bridgehead atoms. The summed E-state index contributed by atoms with van der Waals surface area (Å²) in [4.78, 5) is 10.0. The van der Waals surface area contributed by atoms with E-state index < -0.39 is 0 Å². The number of aromatic nitrogens is 1. The summed E-state index contributed by atoms with van der Waals surface area (Å²) in [5.41, 5.74) is 20.2. The van der Waals surface area contributed by atoms with Gasteiger partial charge in [-0.25, -0.2) is 0 Å². The summed E-state index contributed by atoms with van der Waals surface area (Å²) in [6.45, 7) is 9.48. The molecule has 0 aliphatic carbocycles. The number of aliphatic hydroxyl groups excluding tert-OH is 1. The number of hydrazine groups is 1. The van der Waals surface area contributed by atoms with Gasteiger partial charge in [0.2, 0.25) is 0 Å². The number of fused-ring (bicyclic) bond motifs is 6. The number of aliphatic hydroxyl groups is 1. The Balaban J connectivity index is 0.000000916. The number of aryl methyl sites for hydroxylation is 1. The number of nitrogens with zero attached hydrogens (tertiary/aromatic N) is 2. The molecule has 8 rings (SSSR count). The molecule has 0 saturated carbocycles. The zero-order valence-corrected chi connectivity index (χ0v) is 29.8. The molecule has 2 heterocycles. The zero-order chi connectivity index (χ0) is 37.3. The average molecular weight is 696 g/mol. The minimum absolute atomic E-state index is 0.750. The first kappa shape index (κ1) is 35.7. The van der Waals surface area contributed by atoms with Crippen molar-refractivity contribution >= 4 is 44.6 Å². The number of hydrogen-bond donors (Lipinski definition) is 4. The molecule has 53 heavy (non-hydrogen) atoms. The molecule has 0 radical (unpaired) electrons. The molecule has 1 aromatic heterocycles. The Morgan fingerprint density at radius 2 is 1.30 bits per heavy atom. The summed E-state index contributed by atoms with van der Waals surface area (Å²) in [5, 5.41) is 21.6. The minimum Gasteiger partial charge on any atom is -0.516 e. The fourth-order valence-electron chi connectivity index (χ4n) is 6.75. The number of pyridine rings is 1. The Morgan fingerprint density at radius 3 is 1.85 bits per heavy atom. The lowest BCUT2D eigenvalue weighted by molar-refractivity contribution is -0.0779. The number of hydroxylamine groups is 1. The Kier molecular flexibility index (Phi) is 11.0. The molecule has 0 atom stereocenters. The summed E-state index contributed by atoms with van der Waals surface area (Å²) >= 11 is 0. The number of rotatable bonds is 6. The van der Waals surface area contributed by atoms with Gasteiger partial charge in [0.05, 0.1) is 18.2 Å². The zero-order valence-electron chi connectivity index (χ0n) is 29.8. The van der Waals surface area contributed by atoms with Crippen molar-refractivity contribution in [3.63, 3.8) is 0 Å². The summed E-state index contributed by atoms with van der Waals surface area (Å²) < 4.78 is 0. The van der Waals surface area contributed by atoms with Crippen molar-refractivity contribution in [3.05, 3.63) is 182 Å². The van der Waals surface area contributed by atoms with Crippen LogP contribution in [0.25, 0.3) is 71.3 Å². The lowest BCUT2D eigenvalue weighted by Crippen LogP contribution is -2.26. The smallest absolute Gasteiger partial charge is 0.139 e. The van der Waals surface area contributed by atoms with Crippen molar-refractivity contribution in [2.24, 2.45) is 5.73 Å². The third kappa shape index (κ3) is 7.36. The highest BCUT2D eigenvalue weighted by Crippen LogP contribution is 2.43. The second-order valence-electron chi connectivity index (χ2n) is 12.4. The van der Waals surface area contributed by atoms with E-state index in [1.165, 1.54) is 54.6 Å². The van der Waals surface area contributed by atoms with Gasteiger partial charge in [0.25, 0.3) is 0 Å². The van der Waals surface area contributed by atoms with E-state index in [2.05, 4.69) is 146 Å². The Morgan fingerprint density at radius 1 is 0.736 bits per heavy atom. The Labute approximate surface area is 309 Å². The fourth-order valence-corrected chi connectivity index (χ4v) is 6.75. The SMILES string of the molecule is C/C(=C\C(=C/N)c1ccc2c3ccc(-c4cncc(C)c4)cc3c3cc(-c4ccccc4)c(-c4ccccc4)cc3c2c1)N1NC=CO1.C=CO.C=N. The van der Waals surface area contributed by atoms with Gasteiger partial charge in [-0.15, -0.1) is 5.17 Å². The first-order chi connectivity index (χ1) is 26.0. The van der Waals surface area contributed by atoms with Gasteiger partial charge in [0, 0.05) is 24.2 Å². The van der Waals surface area contributed by atoms with Gasteiger partial charge >= 0.3 is 0 Å². The molecule has 7 aromatic rings. The highest BCUT2D eigenvalue weighted by molar-refractivity contribution is 6.27. The van der Waals surface area contributed by atoms with Gasteiger partial charge in [0.15, 0.2) is 0 Å². The van der Waals surface area contributed by atoms with Crippen LogP contribution in [0.2, 0.25) is 0 Å². The molecule has 0 saturated heterocycles. The second-order valence-corrected chi connectivity index (χ2v) is 12.4. The van der Waals surface area contributed by atoms with E-state index in [4.69, 9.17) is 21.1 Å². The van der Waals surface area contributed by atoms with E-state index in [0.29, 0.717) is 0 Å². The largest absolute Gasteiger partial charge is 0.516 e. The average Bonchev–Trinajstić information content (AvgIpc) is 3.77. The van der Waals surface area contributed by atoms with Gasteiger partial charge in [-0.05, 0) is 134 Å². The molecule has 5 N–H and O–H groups in total. The molecule has 7 heteroatoms. The molecule has 0 unspecified atom stereocenters. The van der Waals surface area contributed by atoms with E-state index in [1.54, 1.807) is 23.8 Å². The Hall–Kier alpha value is -7.12. The first-order valence-electron chi connectivity index (χ1n) is 17.1. The van der Waals surface area contributed by atoms with Crippen molar-refractivity contribution in [3.8, 4) is 33.4 Å². The van der Waals surface area contributed by atoms with E-state index in [-0.39, 0.29) is 0 Å². The second kappa shape index (κ2) is 16.3. The van der Waals surface area contributed by atoms with Gasteiger partial charge in [-0.1, -0.05) is 91.5 Å². The van der Waals surface area contributed by atoms with Gasteiger partial charge < -0.3 is 21.1 Å². The monoisotopic (exact) mass is 695 g/mol. The normalized spacial score (nSPS) is 12.4. The maximum atomic E-state index is 7.33. The molecule has 262 valence electrons.